The normalized spacial score (nSPS) is 44.3. The maximum Gasteiger partial charge on any atom is 0.0626 e. The van der Waals surface area contributed by atoms with E-state index in [2.05, 4.69) is 20.8 Å². The van der Waals surface area contributed by atoms with Gasteiger partial charge in [-0.05, 0) is 42.9 Å². The standard InChI is InChI=1S/C16H30O2/c1-4-10(5-2)13-9-12-8-7-11(6-3)15(17)14(12)16(13)18/h10-18H,4-9H2,1-3H3/t11-,12?,13-,14?,15?,16?/m0/s1. The van der Waals surface area contributed by atoms with Gasteiger partial charge in [0.15, 0.2) is 0 Å². The lowest BCUT2D eigenvalue weighted by Crippen LogP contribution is -2.42. The van der Waals surface area contributed by atoms with Gasteiger partial charge in [0.05, 0.1) is 12.2 Å². The molecule has 6 atom stereocenters. The van der Waals surface area contributed by atoms with Crippen molar-refractivity contribution >= 4 is 0 Å². The highest BCUT2D eigenvalue weighted by atomic mass is 16.3. The molecule has 0 aliphatic heterocycles. The van der Waals surface area contributed by atoms with Gasteiger partial charge in [-0.25, -0.2) is 0 Å². The first kappa shape index (κ1) is 14.3. The van der Waals surface area contributed by atoms with Crippen LogP contribution in [0.5, 0.6) is 0 Å². The maximum atomic E-state index is 10.6. The number of aliphatic hydroxyl groups excluding tert-OH is 2. The van der Waals surface area contributed by atoms with Crippen LogP contribution in [0.4, 0.5) is 0 Å². The third kappa shape index (κ3) is 2.34. The van der Waals surface area contributed by atoms with Crippen LogP contribution in [0.2, 0.25) is 0 Å². The summed E-state index contributed by atoms with van der Waals surface area (Å²) in [4.78, 5) is 0. The Morgan fingerprint density at radius 3 is 2.22 bits per heavy atom. The molecule has 2 heteroatoms. The number of aliphatic hydroxyl groups is 2. The second-order valence-corrected chi connectivity index (χ2v) is 6.54. The monoisotopic (exact) mass is 254 g/mol. The SMILES string of the molecule is CCC(CC)[C@@H]1CC2CC[C@H](CC)C(O)C2C1O. The van der Waals surface area contributed by atoms with Gasteiger partial charge in [-0.2, -0.15) is 0 Å². The Morgan fingerprint density at radius 1 is 1.00 bits per heavy atom. The molecule has 2 aliphatic rings. The van der Waals surface area contributed by atoms with E-state index in [1.54, 1.807) is 0 Å². The fourth-order valence-corrected chi connectivity index (χ4v) is 4.73. The summed E-state index contributed by atoms with van der Waals surface area (Å²) in [7, 11) is 0. The average molecular weight is 254 g/mol. The molecule has 0 spiro atoms. The molecule has 2 nitrogen and oxygen atoms in total. The van der Waals surface area contributed by atoms with Crippen LogP contribution in [0.15, 0.2) is 0 Å². The maximum absolute atomic E-state index is 10.6. The summed E-state index contributed by atoms with van der Waals surface area (Å²) in [6.07, 6.45) is 6.36. The second kappa shape index (κ2) is 5.92. The van der Waals surface area contributed by atoms with Gasteiger partial charge in [-0.3, -0.25) is 0 Å². The molecule has 0 amide bonds. The summed E-state index contributed by atoms with van der Waals surface area (Å²) in [5, 5.41) is 21.1. The summed E-state index contributed by atoms with van der Waals surface area (Å²) in [5.74, 6) is 2.22. The molecule has 2 rings (SSSR count). The molecule has 0 bridgehead atoms. The van der Waals surface area contributed by atoms with Crippen LogP contribution in [0.1, 0.15) is 59.3 Å². The lowest BCUT2D eigenvalue weighted by Gasteiger charge is -2.38. The van der Waals surface area contributed by atoms with Gasteiger partial charge in [0.2, 0.25) is 0 Å². The highest BCUT2D eigenvalue weighted by Crippen LogP contribution is 2.50. The van der Waals surface area contributed by atoms with Gasteiger partial charge >= 0.3 is 0 Å². The molecular formula is C16H30O2. The Kier molecular flexibility index (Phi) is 4.71. The quantitative estimate of drug-likeness (QED) is 0.808. The number of rotatable bonds is 4. The minimum absolute atomic E-state index is 0.161. The van der Waals surface area contributed by atoms with E-state index in [1.807, 2.05) is 0 Å². The van der Waals surface area contributed by atoms with Gasteiger partial charge in [0, 0.05) is 5.92 Å². The van der Waals surface area contributed by atoms with E-state index in [0.717, 1.165) is 32.1 Å². The zero-order valence-corrected chi connectivity index (χ0v) is 12.2. The van der Waals surface area contributed by atoms with Crippen molar-refractivity contribution in [1.82, 2.24) is 0 Å². The predicted molar refractivity (Wildman–Crippen MR) is 74.2 cm³/mol. The molecule has 0 heterocycles. The first-order chi connectivity index (χ1) is 8.63. The van der Waals surface area contributed by atoms with Crippen LogP contribution < -0.4 is 0 Å². The minimum Gasteiger partial charge on any atom is -0.392 e. The largest absolute Gasteiger partial charge is 0.392 e. The molecule has 2 N–H and O–H groups in total. The Labute approximate surface area is 112 Å². The van der Waals surface area contributed by atoms with Gasteiger partial charge in [0.1, 0.15) is 0 Å². The van der Waals surface area contributed by atoms with Gasteiger partial charge in [-0.15, -0.1) is 0 Å². The van der Waals surface area contributed by atoms with Crippen molar-refractivity contribution in [3.8, 4) is 0 Å². The van der Waals surface area contributed by atoms with Crippen molar-refractivity contribution in [2.75, 3.05) is 0 Å². The van der Waals surface area contributed by atoms with Crippen LogP contribution in [-0.4, -0.2) is 22.4 Å². The van der Waals surface area contributed by atoms with E-state index in [0.29, 0.717) is 23.7 Å². The van der Waals surface area contributed by atoms with E-state index in [1.165, 1.54) is 6.42 Å². The highest BCUT2D eigenvalue weighted by molar-refractivity contribution is 5.00. The van der Waals surface area contributed by atoms with Crippen molar-refractivity contribution in [3.63, 3.8) is 0 Å². The zero-order chi connectivity index (χ0) is 13.3. The molecule has 2 fully saturated rings. The summed E-state index contributed by atoms with van der Waals surface area (Å²) < 4.78 is 0. The molecular weight excluding hydrogens is 224 g/mol. The highest BCUT2D eigenvalue weighted by Gasteiger charge is 2.50. The van der Waals surface area contributed by atoms with E-state index < -0.39 is 0 Å². The fraction of sp³-hybridized carbons (Fsp3) is 1.00. The lowest BCUT2D eigenvalue weighted by atomic mass is 9.72. The van der Waals surface area contributed by atoms with Crippen LogP contribution >= 0.6 is 0 Å². The Bertz CT molecular complexity index is 262. The molecule has 0 saturated heterocycles. The van der Waals surface area contributed by atoms with Crippen LogP contribution in [-0.2, 0) is 0 Å². The minimum atomic E-state index is -0.261. The zero-order valence-electron chi connectivity index (χ0n) is 12.2. The number of fused-ring (bicyclic) bond motifs is 1. The van der Waals surface area contributed by atoms with Crippen molar-refractivity contribution in [1.29, 1.82) is 0 Å². The van der Waals surface area contributed by atoms with Crippen molar-refractivity contribution < 1.29 is 10.2 Å². The third-order valence-electron chi connectivity index (χ3n) is 5.92. The average Bonchev–Trinajstić information content (AvgIpc) is 2.70. The number of hydrogen-bond acceptors (Lipinski definition) is 2. The summed E-state index contributed by atoms with van der Waals surface area (Å²) in [6, 6.07) is 0. The van der Waals surface area contributed by atoms with Gasteiger partial charge in [-0.1, -0.05) is 40.0 Å². The first-order valence-corrected chi connectivity index (χ1v) is 8.00. The second-order valence-electron chi connectivity index (χ2n) is 6.54. The molecule has 4 unspecified atom stereocenters. The molecule has 2 aliphatic carbocycles. The first-order valence-electron chi connectivity index (χ1n) is 8.00. The summed E-state index contributed by atoms with van der Waals surface area (Å²) in [5.41, 5.74) is 0. The predicted octanol–water partition coefficient (Wildman–Crippen LogP) is 3.22. The van der Waals surface area contributed by atoms with Crippen molar-refractivity contribution in [2.24, 2.45) is 29.6 Å². The van der Waals surface area contributed by atoms with Gasteiger partial charge < -0.3 is 10.2 Å². The fourth-order valence-electron chi connectivity index (χ4n) is 4.73. The topological polar surface area (TPSA) is 40.5 Å². The van der Waals surface area contributed by atoms with Crippen LogP contribution in [0.3, 0.4) is 0 Å². The Balaban J connectivity index is 2.10. The molecule has 106 valence electrons. The van der Waals surface area contributed by atoms with E-state index in [9.17, 15) is 10.2 Å². The molecule has 0 radical (unpaired) electrons. The Morgan fingerprint density at radius 2 is 1.67 bits per heavy atom. The smallest absolute Gasteiger partial charge is 0.0626 e. The third-order valence-corrected chi connectivity index (χ3v) is 5.92. The molecule has 18 heavy (non-hydrogen) atoms. The molecule has 0 aromatic heterocycles. The van der Waals surface area contributed by atoms with Gasteiger partial charge in [0.25, 0.3) is 0 Å². The molecule has 0 aromatic carbocycles. The summed E-state index contributed by atoms with van der Waals surface area (Å²) in [6.45, 7) is 6.62. The summed E-state index contributed by atoms with van der Waals surface area (Å²) >= 11 is 0. The number of hydrogen-bond donors (Lipinski definition) is 2. The van der Waals surface area contributed by atoms with E-state index in [-0.39, 0.29) is 18.1 Å². The van der Waals surface area contributed by atoms with Crippen molar-refractivity contribution in [3.05, 3.63) is 0 Å². The molecule has 2 saturated carbocycles. The van der Waals surface area contributed by atoms with Crippen LogP contribution in [0, 0.1) is 29.6 Å². The lowest BCUT2D eigenvalue weighted by molar-refractivity contribution is -0.0584. The van der Waals surface area contributed by atoms with Crippen molar-refractivity contribution in [2.45, 2.75) is 71.5 Å². The molecule has 0 aromatic rings. The van der Waals surface area contributed by atoms with Crippen LogP contribution in [0.25, 0.3) is 0 Å². The van der Waals surface area contributed by atoms with E-state index >= 15 is 0 Å². The van der Waals surface area contributed by atoms with E-state index in [4.69, 9.17) is 0 Å². The Hall–Kier alpha value is -0.0800.